The largest absolute Gasteiger partial charge is 0.356 e. The van der Waals surface area contributed by atoms with Crippen molar-refractivity contribution in [2.45, 2.75) is 33.1 Å². The fourth-order valence-electron chi connectivity index (χ4n) is 2.82. The van der Waals surface area contributed by atoms with Crippen molar-refractivity contribution in [3.8, 4) is 6.07 Å². The van der Waals surface area contributed by atoms with E-state index in [-0.39, 0.29) is 0 Å². The quantitative estimate of drug-likeness (QED) is 0.926. The summed E-state index contributed by atoms with van der Waals surface area (Å²) in [4.78, 5) is 11.4. The molecule has 23 heavy (non-hydrogen) atoms. The zero-order chi connectivity index (χ0) is 16.2. The second-order valence-corrected chi connectivity index (χ2v) is 6.76. The maximum atomic E-state index is 8.83. The molecule has 0 aliphatic carbocycles. The minimum absolute atomic E-state index is 0.524. The second-order valence-electron chi connectivity index (χ2n) is 5.95. The summed E-state index contributed by atoms with van der Waals surface area (Å²) in [5, 5.41) is 13.0. The van der Waals surface area contributed by atoms with Crippen molar-refractivity contribution >= 4 is 28.3 Å². The third-order valence-corrected chi connectivity index (χ3v) is 4.90. The molecule has 0 spiro atoms. The highest BCUT2D eigenvalue weighted by Crippen LogP contribution is 2.27. The topological polar surface area (TPSA) is 77.7 Å². The summed E-state index contributed by atoms with van der Waals surface area (Å²) >= 11 is 1.41. The molecular formula is C16H20N6S. The van der Waals surface area contributed by atoms with Gasteiger partial charge in [-0.05, 0) is 50.2 Å². The molecule has 1 N–H and O–H groups in total. The number of piperidine rings is 1. The second kappa shape index (κ2) is 6.92. The Bertz CT molecular complexity index is 712. The predicted molar refractivity (Wildman–Crippen MR) is 92.1 cm³/mol. The standard InChI is InChI=1S/C16H20N6S/c1-11-10-18-16(19-14-9-12(2)21-23-14)20-15(11)22-7-4-13(3-6-17)5-8-22/h9-10,13H,3-5,7-8H2,1-2H3,(H,18,19,20). The van der Waals surface area contributed by atoms with Gasteiger partial charge in [0.05, 0.1) is 11.8 Å². The maximum absolute atomic E-state index is 8.83. The molecule has 3 rings (SSSR count). The third kappa shape index (κ3) is 3.77. The van der Waals surface area contributed by atoms with Crippen LogP contribution in [-0.2, 0) is 0 Å². The summed E-state index contributed by atoms with van der Waals surface area (Å²) in [7, 11) is 0. The molecule has 0 amide bonds. The molecule has 2 aromatic heterocycles. The van der Waals surface area contributed by atoms with Gasteiger partial charge in [-0.2, -0.15) is 14.6 Å². The average Bonchev–Trinajstić information content (AvgIpc) is 2.95. The first-order chi connectivity index (χ1) is 11.2. The zero-order valence-corrected chi connectivity index (χ0v) is 14.2. The van der Waals surface area contributed by atoms with Crippen LogP contribution in [0, 0.1) is 31.1 Å². The van der Waals surface area contributed by atoms with E-state index in [0.29, 0.717) is 18.3 Å². The van der Waals surface area contributed by atoms with E-state index in [9.17, 15) is 0 Å². The van der Waals surface area contributed by atoms with Crippen LogP contribution in [0.25, 0.3) is 0 Å². The van der Waals surface area contributed by atoms with Gasteiger partial charge in [-0.1, -0.05) is 0 Å². The normalized spacial score (nSPS) is 15.4. The van der Waals surface area contributed by atoms with E-state index in [1.54, 1.807) is 0 Å². The number of aryl methyl sites for hydroxylation is 2. The summed E-state index contributed by atoms with van der Waals surface area (Å²) in [6.45, 7) is 5.90. The van der Waals surface area contributed by atoms with E-state index < -0.39 is 0 Å². The highest BCUT2D eigenvalue weighted by atomic mass is 32.1. The van der Waals surface area contributed by atoms with Gasteiger partial charge < -0.3 is 10.2 Å². The first kappa shape index (κ1) is 15.7. The van der Waals surface area contributed by atoms with Crippen molar-refractivity contribution in [2.75, 3.05) is 23.3 Å². The summed E-state index contributed by atoms with van der Waals surface area (Å²) in [6.07, 6.45) is 4.62. The van der Waals surface area contributed by atoms with Crippen LogP contribution in [0.15, 0.2) is 12.3 Å². The fraction of sp³-hybridized carbons (Fsp3) is 0.500. The van der Waals surface area contributed by atoms with Gasteiger partial charge in [0, 0.05) is 31.3 Å². The molecule has 1 fully saturated rings. The summed E-state index contributed by atoms with van der Waals surface area (Å²) in [5.41, 5.74) is 2.07. The molecule has 0 atom stereocenters. The van der Waals surface area contributed by atoms with E-state index in [4.69, 9.17) is 5.26 Å². The molecule has 7 heteroatoms. The van der Waals surface area contributed by atoms with Crippen molar-refractivity contribution in [3.05, 3.63) is 23.5 Å². The Labute approximate surface area is 140 Å². The Kier molecular flexibility index (Phi) is 4.72. The van der Waals surface area contributed by atoms with Gasteiger partial charge in [0.25, 0.3) is 0 Å². The zero-order valence-electron chi connectivity index (χ0n) is 13.4. The van der Waals surface area contributed by atoms with Gasteiger partial charge in [0.1, 0.15) is 10.8 Å². The molecule has 1 aliphatic heterocycles. The summed E-state index contributed by atoms with van der Waals surface area (Å²) < 4.78 is 4.26. The number of rotatable bonds is 4. The van der Waals surface area contributed by atoms with E-state index >= 15 is 0 Å². The Morgan fingerprint density at radius 3 is 2.83 bits per heavy atom. The molecule has 3 heterocycles. The van der Waals surface area contributed by atoms with Gasteiger partial charge in [-0.25, -0.2) is 4.98 Å². The highest BCUT2D eigenvalue weighted by Gasteiger charge is 2.21. The number of nitrogens with zero attached hydrogens (tertiary/aromatic N) is 5. The molecule has 0 bridgehead atoms. The van der Waals surface area contributed by atoms with Crippen LogP contribution < -0.4 is 10.2 Å². The van der Waals surface area contributed by atoms with Gasteiger partial charge in [0.15, 0.2) is 0 Å². The molecule has 0 radical (unpaired) electrons. The smallest absolute Gasteiger partial charge is 0.229 e. The molecule has 1 aliphatic rings. The van der Waals surface area contributed by atoms with Crippen molar-refractivity contribution in [1.82, 2.24) is 14.3 Å². The number of aromatic nitrogens is 3. The van der Waals surface area contributed by atoms with Gasteiger partial charge >= 0.3 is 0 Å². The first-order valence-corrected chi connectivity index (χ1v) is 8.59. The monoisotopic (exact) mass is 328 g/mol. The molecule has 1 saturated heterocycles. The van der Waals surface area contributed by atoms with E-state index in [1.807, 2.05) is 26.1 Å². The van der Waals surface area contributed by atoms with Crippen LogP contribution in [-0.4, -0.2) is 27.4 Å². The van der Waals surface area contributed by atoms with Crippen molar-refractivity contribution < 1.29 is 0 Å². The minimum atomic E-state index is 0.524. The lowest BCUT2D eigenvalue weighted by atomic mass is 9.94. The Morgan fingerprint density at radius 1 is 1.39 bits per heavy atom. The Morgan fingerprint density at radius 2 is 2.17 bits per heavy atom. The minimum Gasteiger partial charge on any atom is -0.356 e. The van der Waals surface area contributed by atoms with Crippen LogP contribution >= 0.6 is 11.5 Å². The predicted octanol–water partition coefficient (Wildman–Crippen LogP) is 3.42. The van der Waals surface area contributed by atoms with E-state index in [2.05, 4.69) is 30.6 Å². The van der Waals surface area contributed by atoms with Crippen LogP contribution in [0.1, 0.15) is 30.5 Å². The van der Waals surface area contributed by atoms with Gasteiger partial charge in [0.2, 0.25) is 5.95 Å². The number of nitriles is 1. The van der Waals surface area contributed by atoms with Crippen LogP contribution in [0.5, 0.6) is 0 Å². The Hall–Kier alpha value is -2.20. The number of nitrogens with one attached hydrogen (secondary N) is 1. The fourth-order valence-corrected chi connectivity index (χ4v) is 3.48. The molecular weight excluding hydrogens is 308 g/mol. The lowest BCUT2D eigenvalue weighted by molar-refractivity contribution is 0.411. The lowest BCUT2D eigenvalue weighted by Crippen LogP contribution is -2.34. The third-order valence-electron chi connectivity index (χ3n) is 4.10. The maximum Gasteiger partial charge on any atom is 0.229 e. The average molecular weight is 328 g/mol. The Balaban J connectivity index is 1.72. The lowest BCUT2D eigenvalue weighted by Gasteiger charge is -2.32. The van der Waals surface area contributed by atoms with Crippen molar-refractivity contribution in [2.24, 2.45) is 5.92 Å². The van der Waals surface area contributed by atoms with Crippen LogP contribution in [0.3, 0.4) is 0 Å². The SMILES string of the molecule is Cc1cc(Nc2ncc(C)c(N3CCC(CC#N)CC3)n2)sn1. The van der Waals surface area contributed by atoms with Gasteiger partial charge in [-0.15, -0.1) is 0 Å². The van der Waals surface area contributed by atoms with E-state index in [1.165, 1.54) is 11.5 Å². The first-order valence-electron chi connectivity index (χ1n) is 7.81. The van der Waals surface area contributed by atoms with Crippen molar-refractivity contribution in [3.63, 3.8) is 0 Å². The molecule has 6 nitrogen and oxygen atoms in total. The molecule has 120 valence electrons. The summed E-state index contributed by atoms with van der Waals surface area (Å²) in [6, 6.07) is 4.27. The molecule has 0 unspecified atom stereocenters. The molecule has 0 saturated carbocycles. The van der Waals surface area contributed by atoms with Crippen LogP contribution in [0.4, 0.5) is 16.8 Å². The van der Waals surface area contributed by atoms with Crippen molar-refractivity contribution in [1.29, 1.82) is 5.26 Å². The summed E-state index contributed by atoms with van der Waals surface area (Å²) in [5.74, 6) is 2.11. The number of hydrogen-bond donors (Lipinski definition) is 1. The highest BCUT2D eigenvalue weighted by molar-refractivity contribution is 7.10. The number of hydrogen-bond acceptors (Lipinski definition) is 7. The van der Waals surface area contributed by atoms with Gasteiger partial charge in [-0.3, -0.25) is 0 Å². The number of anilines is 3. The van der Waals surface area contributed by atoms with Crippen LogP contribution in [0.2, 0.25) is 0 Å². The molecule has 2 aromatic rings. The molecule has 0 aromatic carbocycles. The van der Waals surface area contributed by atoms with E-state index in [0.717, 1.165) is 48.0 Å².